The minimum atomic E-state index is -0.242. The van der Waals surface area contributed by atoms with Crippen molar-refractivity contribution in [3.8, 4) is 10.6 Å². The van der Waals surface area contributed by atoms with E-state index >= 15 is 0 Å². The van der Waals surface area contributed by atoms with Crippen LogP contribution in [0, 0.1) is 5.82 Å². The van der Waals surface area contributed by atoms with Gasteiger partial charge in [-0.1, -0.05) is 0 Å². The van der Waals surface area contributed by atoms with Gasteiger partial charge in [-0.2, -0.15) is 0 Å². The van der Waals surface area contributed by atoms with Gasteiger partial charge in [-0.15, -0.1) is 11.3 Å². The molecular formula is C13H8BrFN2S. The van der Waals surface area contributed by atoms with Crippen LogP contribution in [0.2, 0.25) is 0 Å². The molecule has 3 rings (SSSR count). The molecule has 2 nitrogen and oxygen atoms in total. The standard InChI is InChI=1S/C13H8BrFN2S/c14-10-6-8(16)2-3-9(10)13-17-11-4-1-7(15)5-12(11)18-13/h1-6H,16H2. The Kier molecular flexibility index (Phi) is 2.80. The minimum absolute atomic E-state index is 0.242. The quantitative estimate of drug-likeness (QED) is 0.672. The van der Waals surface area contributed by atoms with Crippen LogP contribution in [0.15, 0.2) is 40.9 Å². The van der Waals surface area contributed by atoms with Crippen LogP contribution in [0.3, 0.4) is 0 Å². The maximum atomic E-state index is 13.1. The van der Waals surface area contributed by atoms with Crippen molar-refractivity contribution in [2.24, 2.45) is 0 Å². The first kappa shape index (κ1) is 11.6. The molecule has 0 amide bonds. The van der Waals surface area contributed by atoms with Gasteiger partial charge in [0.15, 0.2) is 0 Å². The van der Waals surface area contributed by atoms with Crippen molar-refractivity contribution in [3.63, 3.8) is 0 Å². The number of hydrogen-bond donors (Lipinski definition) is 1. The first-order chi connectivity index (χ1) is 8.63. The van der Waals surface area contributed by atoms with Crippen molar-refractivity contribution in [1.29, 1.82) is 0 Å². The largest absolute Gasteiger partial charge is 0.399 e. The van der Waals surface area contributed by atoms with Gasteiger partial charge >= 0.3 is 0 Å². The van der Waals surface area contributed by atoms with E-state index in [0.29, 0.717) is 5.69 Å². The number of nitrogens with two attached hydrogens (primary N) is 1. The van der Waals surface area contributed by atoms with E-state index in [9.17, 15) is 4.39 Å². The number of rotatable bonds is 1. The molecule has 90 valence electrons. The average Bonchev–Trinajstić information content (AvgIpc) is 2.71. The van der Waals surface area contributed by atoms with Gasteiger partial charge < -0.3 is 5.73 Å². The number of thiazole rings is 1. The summed E-state index contributed by atoms with van der Waals surface area (Å²) in [5.74, 6) is -0.242. The minimum Gasteiger partial charge on any atom is -0.399 e. The van der Waals surface area contributed by atoms with Crippen LogP contribution < -0.4 is 5.73 Å². The molecule has 0 saturated carbocycles. The number of nitrogens with zero attached hydrogens (tertiary/aromatic N) is 1. The Labute approximate surface area is 115 Å². The molecule has 0 fully saturated rings. The zero-order chi connectivity index (χ0) is 12.7. The zero-order valence-corrected chi connectivity index (χ0v) is 11.6. The Morgan fingerprint density at radius 1 is 1.17 bits per heavy atom. The number of fused-ring (bicyclic) bond motifs is 1. The summed E-state index contributed by atoms with van der Waals surface area (Å²) in [5.41, 5.74) is 8.17. The smallest absolute Gasteiger partial charge is 0.125 e. The molecule has 18 heavy (non-hydrogen) atoms. The summed E-state index contributed by atoms with van der Waals surface area (Å²) in [6.07, 6.45) is 0. The highest BCUT2D eigenvalue weighted by atomic mass is 79.9. The SMILES string of the molecule is Nc1ccc(-c2nc3ccc(F)cc3s2)c(Br)c1. The second kappa shape index (κ2) is 4.33. The highest BCUT2D eigenvalue weighted by Gasteiger charge is 2.10. The van der Waals surface area contributed by atoms with Crippen molar-refractivity contribution in [2.75, 3.05) is 5.73 Å². The number of benzene rings is 2. The lowest BCUT2D eigenvalue weighted by atomic mass is 10.2. The fraction of sp³-hybridized carbons (Fsp3) is 0. The van der Waals surface area contributed by atoms with Gasteiger partial charge in [0.05, 0.1) is 10.2 Å². The van der Waals surface area contributed by atoms with Gasteiger partial charge in [0.25, 0.3) is 0 Å². The van der Waals surface area contributed by atoms with Crippen molar-refractivity contribution in [1.82, 2.24) is 4.98 Å². The number of halogens is 2. The van der Waals surface area contributed by atoms with Gasteiger partial charge in [-0.05, 0) is 52.3 Å². The molecule has 0 radical (unpaired) electrons. The molecular weight excluding hydrogens is 315 g/mol. The van der Waals surface area contributed by atoms with Gasteiger partial charge in [0.1, 0.15) is 10.8 Å². The van der Waals surface area contributed by atoms with Gasteiger partial charge in [0, 0.05) is 15.7 Å². The van der Waals surface area contributed by atoms with Gasteiger partial charge in [0.2, 0.25) is 0 Å². The molecule has 0 aliphatic carbocycles. The fourth-order valence-electron chi connectivity index (χ4n) is 1.72. The number of nitrogen functional groups attached to an aromatic ring is 1. The molecule has 0 saturated heterocycles. The second-order valence-electron chi connectivity index (χ2n) is 3.87. The first-order valence-electron chi connectivity index (χ1n) is 5.25. The molecule has 0 unspecified atom stereocenters. The molecule has 1 aromatic heterocycles. The van der Waals surface area contributed by atoms with Crippen LogP contribution in [0.1, 0.15) is 0 Å². The van der Waals surface area contributed by atoms with E-state index in [1.54, 1.807) is 6.07 Å². The summed E-state index contributed by atoms with van der Waals surface area (Å²) >= 11 is 4.93. The average molecular weight is 323 g/mol. The normalized spacial score (nSPS) is 11.0. The molecule has 1 heterocycles. The van der Waals surface area contributed by atoms with Crippen LogP contribution in [-0.2, 0) is 0 Å². The van der Waals surface area contributed by atoms with Gasteiger partial charge in [-0.3, -0.25) is 0 Å². The van der Waals surface area contributed by atoms with Crippen molar-refractivity contribution in [3.05, 3.63) is 46.7 Å². The van der Waals surface area contributed by atoms with E-state index < -0.39 is 0 Å². The maximum absolute atomic E-state index is 13.1. The summed E-state index contributed by atoms with van der Waals surface area (Å²) in [6, 6.07) is 10.2. The van der Waals surface area contributed by atoms with Crippen LogP contribution in [-0.4, -0.2) is 4.98 Å². The van der Waals surface area contributed by atoms with E-state index in [2.05, 4.69) is 20.9 Å². The van der Waals surface area contributed by atoms with E-state index in [-0.39, 0.29) is 5.82 Å². The van der Waals surface area contributed by atoms with E-state index in [1.165, 1.54) is 23.5 Å². The maximum Gasteiger partial charge on any atom is 0.125 e. The third kappa shape index (κ3) is 2.00. The van der Waals surface area contributed by atoms with Crippen LogP contribution in [0.4, 0.5) is 10.1 Å². The third-order valence-corrected chi connectivity index (χ3v) is 4.28. The monoisotopic (exact) mass is 322 g/mol. The Balaban J connectivity index is 2.19. The Hall–Kier alpha value is -1.46. The lowest BCUT2D eigenvalue weighted by molar-refractivity contribution is 0.630. The summed E-state index contributed by atoms with van der Waals surface area (Å²) in [5, 5.41) is 0.850. The summed E-state index contributed by atoms with van der Waals surface area (Å²) in [6.45, 7) is 0. The van der Waals surface area contributed by atoms with Crippen LogP contribution >= 0.6 is 27.3 Å². The topological polar surface area (TPSA) is 38.9 Å². The van der Waals surface area contributed by atoms with Crippen molar-refractivity contribution in [2.45, 2.75) is 0 Å². The van der Waals surface area contributed by atoms with Crippen LogP contribution in [0.25, 0.3) is 20.8 Å². The molecule has 3 aromatic rings. The highest BCUT2D eigenvalue weighted by Crippen LogP contribution is 2.35. The molecule has 2 aromatic carbocycles. The third-order valence-electron chi connectivity index (χ3n) is 2.57. The Bertz CT molecular complexity index is 739. The highest BCUT2D eigenvalue weighted by molar-refractivity contribution is 9.10. The van der Waals surface area contributed by atoms with Crippen molar-refractivity contribution >= 4 is 43.2 Å². The number of hydrogen-bond acceptors (Lipinski definition) is 3. The van der Waals surface area contributed by atoms with E-state index in [4.69, 9.17) is 5.73 Å². The lowest BCUT2D eigenvalue weighted by Crippen LogP contribution is -1.85. The Morgan fingerprint density at radius 2 is 2.00 bits per heavy atom. The summed E-state index contributed by atoms with van der Waals surface area (Å²) in [4.78, 5) is 4.50. The molecule has 0 aliphatic rings. The Morgan fingerprint density at radius 3 is 2.78 bits per heavy atom. The molecule has 0 atom stereocenters. The number of anilines is 1. The molecule has 2 N–H and O–H groups in total. The van der Waals surface area contributed by atoms with Gasteiger partial charge in [-0.25, -0.2) is 9.37 Å². The zero-order valence-electron chi connectivity index (χ0n) is 9.15. The number of aromatic nitrogens is 1. The summed E-state index contributed by atoms with van der Waals surface area (Å²) in [7, 11) is 0. The first-order valence-corrected chi connectivity index (χ1v) is 6.86. The lowest BCUT2D eigenvalue weighted by Gasteiger charge is -2.01. The van der Waals surface area contributed by atoms with E-state index in [1.807, 2.05) is 18.2 Å². The van der Waals surface area contributed by atoms with Crippen molar-refractivity contribution < 1.29 is 4.39 Å². The van der Waals surface area contributed by atoms with E-state index in [0.717, 1.165) is 25.3 Å². The molecule has 5 heteroatoms. The fourth-order valence-corrected chi connectivity index (χ4v) is 3.46. The molecule has 0 bridgehead atoms. The predicted octanol–water partition coefficient (Wildman–Crippen LogP) is 4.45. The second-order valence-corrected chi connectivity index (χ2v) is 5.76. The molecule has 0 aliphatic heterocycles. The molecule has 0 spiro atoms. The predicted molar refractivity (Wildman–Crippen MR) is 77.1 cm³/mol. The van der Waals surface area contributed by atoms with Crippen LogP contribution in [0.5, 0.6) is 0 Å². The summed E-state index contributed by atoms with van der Waals surface area (Å²) < 4.78 is 14.9.